The molecule has 2 N–H and O–H groups in total. The van der Waals surface area contributed by atoms with Crippen LogP contribution in [-0.4, -0.2) is 16.2 Å². The van der Waals surface area contributed by atoms with E-state index in [0.717, 1.165) is 16.5 Å². The molecule has 0 amide bonds. The highest BCUT2D eigenvalue weighted by Gasteiger charge is 2.18. The van der Waals surface area contributed by atoms with Crippen molar-refractivity contribution in [1.82, 2.24) is 15.4 Å². The second-order valence-corrected chi connectivity index (χ2v) is 5.53. The van der Waals surface area contributed by atoms with Gasteiger partial charge in [0.2, 0.25) is 5.28 Å². The largest absolute Gasteiger partial charge is 0.325 e. The first kappa shape index (κ1) is 13.8. The third kappa shape index (κ3) is 3.49. The van der Waals surface area contributed by atoms with Crippen LogP contribution in [0.5, 0.6) is 0 Å². The zero-order valence-electron chi connectivity index (χ0n) is 11.7. The highest BCUT2D eigenvalue weighted by atomic mass is 35.5. The fourth-order valence-electron chi connectivity index (χ4n) is 1.95. The van der Waals surface area contributed by atoms with Crippen molar-refractivity contribution in [3.8, 4) is 0 Å². The molecule has 2 aromatic rings. The summed E-state index contributed by atoms with van der Waals surface area (Å²) in [6, 6.07) is 5.92. The summed E-state index contributed by atoms with van der Waals surface area (Å²) in [6.07, 6.45) is 4.34. The average Bonchev–Trinajstić information content (AvgIpc) is 3.23. The van der Waals surface area contributed by atoms with E-state index in [2.05, 4.69) is 32.4 Å². The first-order chi connectivity index (χ1) is 10.1. The quantitative estimate of drug-likeness (QED) is 0.504. The number of nitrogens with zero attached hydrogens (tertiary/aromatic N) is 3. The van der Waals surface area contributed by atoms with Gasteiger partial charge in [-0.15, -0.1) is 0 Å². The number of aryl methyl sites for hydroxylation is 1. The molecule has 1 fully saturated rings. The molecule has 0 unspecified atom stereocenters. The second kappa shape index (κ2) is 5.69. The van der Waals surface area contributed by atoms with Gasteiger partial charge in [-0.25, -0.2) is 4.98 Å². The van der Waals surface area contributed by atoms with E-state index in [0.29, 0.717) is 17.6 Å². The smallest absolute Gasteiger partial charge is 0.224 e. The molecular weight excluding hydrogens is 286 g/mol. The molecule has 0 spiro atoms. The Bertz CT molecular complexity index is 721. The summed E-state index contributed by atoms with van der Waals surface area (Å²) in [5.74, 6) is 1.78. The molecule has 1 aliphatic rings. The normalized spacial score (nSPS) is 14.6. The minimum Gasteiger partial charge on any atom is -0.325 e. The van der Waals surface area contributed by atoms with Gasteiger partial charge in [0.05, 0.1) is 5.52 Å². The molecule has 0 bridgehead atoms. The van der Waals surface area contributed by atoms with Crippen molar-refractivity contribution >= 4 is 34.5 Å². The number of hydrogen-bond acceptors (Lipinski definition) is 5. The molecule has 1 aromatic carbocycles. The predicted octanol–water partition coefficient (Wildman–Crippen LogP) is 3.46. The Labute approximate surface area is 128 Å². The lowest BCUT2D eigenvalue weighted by atomic mass is 10.1. The van der Waals surface area contributed by atoms with Crippen molar-refractivity contribution in [2.75, 3.05) is 5.32 Å². The van der Waals surface area contributed by atoms with Crippen molar-refractivity contribution < 1.29 is 0 Å². The summed E-state index contributed by atoms with van der Waals surface area (Å²) in [5, 5.41) is 8.32. The van der Waals surface area contributed by atoms with Crippen molar-refractivity contribution in [1.29, 1.82) is 0 Å². The number of anilines is 1. The van der Waals surface area contributed by atoms with Crippen LogP contribution in [0.3, 0.4) is 0 Å². The summed E-state index contributed by atoms with van der Waals surface area (Å²) in [5.41, 5.74) is 4.78. The van der Waals surface area contributed by atoms with Crippen LogP contribution in [0.1, 0.15) is 18.4 Å². The molecule has 1 aliphatic carbocycles. The molecular formula is C15H16ClN5. The van der Waals surface area contributed by atoms with E-state index in [1.807, 2.05) is 31.3 Å². The third-order valence-electron chi connectivity index (χ3n) is 3.20. The number of hydrogen-bond donors (Lipinski definition) is 2. The summed E-state index contributed by atoms with van der Waals surface area (Å²) < 4.78 is 0. The van der Waals surface area contributed by atoms with E-state index in [-0.39, 0.29) is 5.28 Å². The average molecular weight is 302 g/mol. The molecule has 0 saturated heterocycles. The number of nitrogens with one attached hydrogen (secondary N) is 2. The molecule has 1 saturated carbocycles. The maximum Gasteiger partial charge on any atom is 0.224 e. The number of fused-ring (bicyclic) bond motifs is 1. The van der Waals surface area contributed by atoms with E-state index < -0.39 is 0 Å². The minimum atomic E-state index is 0.197. The lowest BCUT2D eigenvalue weighted by Gasteiger charge is -2.11. The SMILES string of the molecule is C=C(N/N=C/C1CC1)Nc1nc(Cl)nc2ccc(C)cc12. The first-order valence-electron chi connectivity index (χ1n) is 6.81. The molecule has 3 rings (SSSR count). The summed E-state index contributed by atoms with van der Waals surface area (Å²) >= 11 is 5.96. The zero-order valence-corrected chi connectivity index (χ0v) is 12.5. The van der Waals surface area contributed by atoms with Crippen LogP contribution in [-0.2, 0) is 0 Å². The van der Waals surface area contributed by atoms with Crippen molar-refractivity contribution in [2.24, 2.45) is 11.0 Å². The van der Waals surface area contributed by atoms with Crippen LogP contribution in [0.4, 0.5) is 5.82 Å². The van der Waals surface area contributed by atoms with E-state index in [1.54, 1.807) is 0 Å². The molecule has 0 radical (unpaired) electrons. The summed E-state index contributed by atoms with van der Waals surface area (Å²) in [6.45, 7) is 5.91. The first-order valence-corrected chi connectivity index (χ1v) is 7.18. The number of rotatable bonds is 5. The monoisotopic (exact) mass is 301 g/mol. The van der Waals surface area contributed by atoms with Gasteiger partial charge in [0, 0.05) is 11.6 Å². The zero-order chi connectivity index (χ0) is 14.8. The Morgan fingerprint density at radius 3 is 3.00 bits per heavy atom. The number of aromatic nitrogens is 2. The fraction of sp³-hybridized carbons (Fsp3) is 0.267. The van der Waals surface area contributed by atoms with Gasteiger partial charge < -0.3 is 5.32 Å². The molecule has 5 nitrogen and oxygen atoms in total. The predicted molar refractivity (Wildman–Crippen MR) is 86.4 cm³/mol. The van der Waals surface area contributed by atoms with Crippen molar-refractivity contribution in [2.45, 2.75) is 19.8 Å². The molecule has 1 aromatic heterocycles. The van der Waals surface area contributed by atoms with Gasteiger partial charge >= 0.3 is 0 Å². The van der Waals surface area contributed by atoms with Crippen LogP contribution in [0.25, 0.3) is 10.9 Å². The van der Waals surface area contributed by atoms with Gasteiger partial charge in [-0.2, -0.15) is 10.1 Å². The van der Waals surface area contributed by atoms with E-state index in [9.17, 15) is 0 Å². The minimum absolute atomic E-state index is 0.197. The standard InChI is InChI=1S/C15H16ClN5/c1-9-3-6-13-12(7-9)14(20-15(16)19-13)18-10(2)21-17-8-11-4-5-11/h3,6-8,11,21H,2,4-5H2,1H3,(H,18,19,20)/b17-8+. The van der Waals surface area contributed by atoms with Crippen molar-refractivity contribution in [3.63, 3.8) is 0 Å². The Kier molecular flexibility index (Phi) is 3.75. The maximum absolute atomic E-state index is 5.96. The molecule has 1 heterocycles. The van der Waals surface area contributed by atoms with E-state index >= 15 is 0 Å². The van der Waals surface area contributed by atoms with Crippen LogP contribution < -0.4 is 10.7 Å². The van der Waals surface area contributed by atoms with Crippen LogP contribution in [0.15, 0.2) is 35.7 Å². The molecule has 21 heavy (non-hydrogen) atoms. The number of halogens is 1. The lowest BCUT2D eigenvalue weighted by Crippen LogP contribution is -2.14. The van der Waals surface area contributed by atoms with E-state index in [4.69, 9.17) is 11.6 Å². The molecule has 6 heteroatoms. The highest BCUT2D eigenvalue weighted by molar-refractivity contribution is 6.28. The molecule has 0 atom stereocenters. The topological polar surface area (TPSA) is 62.2 Å². The van der Waals surface area contributed by atoms with Gasteiger partial charge in [0.1, 0.15) is 11.6 Å². The van der Waals surface area contributed by atoms with Gasteiger partial charge in [-0.1, -0.05) is 18.2 Å². The van der Waals surface area contributed by atoms with Crippen molar-refractivity contribution in [3.05, 3.63) is 41.4 Å². The van der Waals surface area contributed by atoms with Gasteiger partial charge in [0.15, 0.2) is 0 Å². The lowest BCUT2D eigenvalue weighted by molar-refractivity contribution is 0.892. The number of benzene rings is 1. The van der Waals surface area contributed by atoms with Gasteiger partial charge in [-0.05, 0) is 49.4 Å². The second-order valence-electron chi connectivity index (χ2n) is 5.19. The summed E-state index contributed by atoms with van der Waals surface area (Å²) in [4.78, 5) is 8.44. The molecule has 108 valence electrons. The third-order valence-corrected chi connectivity index (χ3v) is 3.37. The maximum atomic E-state index is 5.96. The van der Waals surface area contributed by atoms with Gasteiger partial charge in [-0.3, -0.25) is 5.43 Å². The fourth-order valence-corrected chi connectivity index (χ4v) is 2.12. The Balaban J connectivity index is 1.81. The van der Waals surface area contributed by atoms with Gasteiger partial charge in [0.25, 0.3) is 0 Å². The highest BCUT2D eigenvalue weighted by Crippen LogP contribution is 2.26. The Morgan fingerprint density at radius 1 is 1.43 bits per heavy atom. The van der Waals surface area contributed by atoms with Crippen LogP contribution in [0, 0.1) is 12.8 Å². The van der Waals surface area contributed by atoms with Crippen LogP contribution >= 0.6 is 11.6 Å². The number of hydrazone groups is 1. The Hall–Kier alpha value is -2.14. The molecule has 0 aliphatic heterocycles. The van der Waals surface area contributed by atoms with Crippen LogP contribution in [0.2, 0.25) is 5.28 Å². The summed E-state index contributed by atoms with van der Waals surface area (Å²) in [7, 11) is 0. The Morgan fingerprint density at radius 2 is 2.24 bits per heavy atom. The van der Waals surface area contributed by atoms with E-state index in [1.165, 1.54) is 12.8 Å².